The molecule has 2 aromatic carbocycles. The van der Waals surface area contributed by atoms with Gasteiger partial charge >= 0.3 is 5.97 Å². The number of para-hydroxylation sites is 1. The normalized spacial score (nSPS) is 17.1. The van der Waals surface area contributed by atoms with Crippen molar-refractivity contribution in [2.24, 2.45) is 0 Å². The van der Waals surface area contributed by atoms with E-state index in [1.165, 1.54) is 6.07 Å². The summed E-state index contributed by atoms with van der Waals surface area (Å²) in [6.07, 6.45) is 4.22. The molecule has 1 saturated carbocycles. The Bertz CT molecular complexity index is 930. The fraction of sp³-hybridized carbons (Fsp3) is 0.300. The van der Waals surface area contributed by atoms with Crippen LogP contribution in [0.3, 0.4) is 0 Å². The number of carbonyl (C=O) groups excluding carboxylic acids is 1. The molecule has 4 rings (SSSR count). The molecule has 1 aliphatic heterocycles. The molecule has 0 atom stereocenters. The Morgan fingerprint density at radius 1 is 1.07 bits per heavy atom. The predicted molar refractivity (Wildman–Crippen MR) is 98.3 cm³/mol. The Morgan fingerprint density at radius 3 is 2.41 bits per heavy atom. The van der Waals surface area contributed by atoms with Crippen LogP contribution < -0.4 is 4.90 Å². The van der Waals surface area contributed by atoms with E-state index >= 15 is 0 Å². The number of anilines is 1. The number of rotatable bonds is 3. The highest BCUT2D eigenvalue weighted by molar-refractivity contribution is 6.09. The number of non-ortho nitro benzene ring substituents is 1. The number of carbonyl (C=O) groups is 2. The Labute approximate surface area is 155 Å². The van der Waals surface area contributed by atoms with Crippen LogP contribution in [-0.2, 0) is 5.41 Å². The molecule has 0 unspecified atom stereocenters. The number of benzene rings is 2. The van der Waals surface area contributed by atoms with Crippen molar-refractivity contribution in [2.75, 3.05) is 11.4 Å². The Kier molecular flexibility index (Phi) is 3.95. The molecule has 1 heterocycles. The molecular formula is C20H18N2O5. The number of carboxylic acid groups (broad SMARTS) is 1. The lowest BCUT2D eigenvalue weighted by atomic mass is 9.81. The van der Waals surface area contributed by atoms with Gasteiger partial charge in [-0.05, 0) is 30.5 Å². The van der Waals surface area contributed by atoms with Gasteiger partial charge in [0.05, 0.1) is 10.5 Å². The van der Waals surface area contributed by atoms with Crippen molar-refractivity contribution in [3.63, 3.8) is 0 Å². The maximum absolute atomic E-state index is 13.2. The lowest BCUT2D eigenvalue weighted by Crippen LogP contribution is -2.35. The topological polar surface area (TPSA) is 101 Å². The first-order valence-electron chi connectivity index (χ1n) is 8.85. The van der Waals surface area contributed by atoms with Gasteiger partial charge in [-0.15, -0.1) is 0 Å². The smallest absolute Gasteiger partial charge is 0.335 e. The van der Waals surface area contributed by atoms with Crippen molar-refractivity contribution < 1.29 is 19.6 Å². The minimum absolute atomic E-state index is 0.0199. The number of nitrogens with zero attached hydrogens (tertiary/aromatic N) is 2. The second-order valence-electron chi connectivity index (χ2n) is 7.23. The summed E-state index contributed by atoms with van der Waals surface area (Å²) >= 11 is 0. The third kappa shape index (κ3) is 2.75. The zero-order valence-electron chi connectivity index (χ0n) is 14.6. The second-order valence-corrected chi connectivity index (χ2v) is 7.23. The highest BCUT2D eigenvalue weighted by Gasteiger charge is 2.46. The molecule has 1 aliphatic carbocycles. The summed E-state index contributed by atoms with van der Waals surface area (Å²) in [5.41, 5.74) is 1.23. The fourth-order valence-corrected chi connectivity index (χ4v) is 4.41. The quantitative estimate of drug-likeness (QED) is 0.658. The third-order valence-electron chi connectivity index (χ3n) is 5.66. The number of fused-ring (bicyclic) bond motifs is 2. The summed E-state index contributed by atoms with van der Waals surface area (Å²) in [4.78, 5) is 36.7. The standard InChI is InChI=1S/C20H18N2O5/c23-18(13-9-14(19(24)25)11-15(10-13)22(26)27)21-12-20(7-3-4-8-20)16-5-1-2-6-17(16)21/h1-2,5-6,9-11H,3-4,7-8,12H2,(H,24,25). The molecule has 0 aromatic heterocycles. The van der Waals surface area contributed by atoms with Crippen LogP contribution in [0, 0.1) is 10.1 Å². The molecule has 7 nitrogen and oxygen atoms in total. The van der Waals surface area contributed by atoms with Gasteiger partial charge in [0.2, 0.25) is 0 Å². The highest BCUT2D eigenvalue weighted by Crippen LogP contribution is 2.50. The largest absolute Gasteiger partial charge is 0.478 e. The van der Waals surface area contributed by atoms with Gasteiger partial charge in [0.25, 0.3) is 11.6 Å². The molecule has 2 aliphatic rings. The van der Waals surface area contributed by atoms with E-state index in [0.29, 0.717) is 6.54 Å². The van der Waals surface area contributed by atoms with Crippen LogP contribution in [0.1, 0.15) is 52.0 Å². The Morgan fingerprint density at radius 2 is 1.74 bits per heavy atom. The van der Waals surface area contributed by atoms with E-state index in [9.17, 15) is 24.8 Å². The molecule has 1 N–H and O–H groups in total. The van der Waals surface area contributed by atoms with Crippen LogP contribution in [0.2, 0.25) is 0 Å². The van der Waals surface area contributed by atoms with Crippen molar-refractivity contribution >= 4 is 23.3 Å². The monoisotopic (exact) mass is 366 g/mol. The number of aromatic carboxylic acids is 1. The van der Waals surface area contributed by atoms with Gasteiger partial charge in [0.15, 0.2) is 0 Å². The maximum atomic E-state index is 13.2. The second kappa shape index (κ2) is 6.19. The molecule has 0 radical (unpaired) electrons. The van der Waals surface area contributed by atoms with Gasteiger partial charge in [-0.3, -0.25) is 14.9 Å². The number of carboxylic acids is 1. The van der Waals surface area contributed by atoms with Gasteiger partial charge < -0.3 is 10.0 Å². The molecule has 0 bridgehead atoms. The van der Waals surface area contributed by atoms with Crippen molar-refractivity contribution in [1.29, 1.82) is 0 Å². The molecule has 1 spiro atoms. The molecule has 27 heavy (non-hydrogen) atoms. The van der Waals surface area contributed by atoms with E-state index in [1.807, 2.05) is 24.3 Å². The number of nitro groups is 1. The van der Waals surface area contributed by atoms with E-state index < -0.39 is 22.5 Å². The van der Waals surface area contributed by atoms with Crippen LogP contribution >= 0.6 is 0 Å². The SMILES string of the molecule is O=C(O)c1cc(C(=O)N2CC3(CCCC3)c3ccccc32)cc([N+](=O)[O-])c1. The van der Waals surface area contributed by atoms with Crippen LogP contribution in [0.5, 0.6) is 0 Å². The average Bonchev–Trinajstić information content (AvgIpc) is 3.27. The summed E-state index contributed by atoms with van der Waals surface area (Å²) in [5, 5.41) is 20.4. The Hall–Kier alpha value is -3.22. The summed E-state index contributed by atoms with van der Waals surface area (Å²) in [7, 11) is 0. The Balaban J connectivity index is 1.78. The zero-order chi connectivity index (χ0) is 19.2. The molecule has 138 valence electrons. The van der Waals surface area contributed by atoms with Gasteiger partial charge in [-0.25, -0.2) is 4.79 Å². The van der Waals surface area contributed by atoms with E-state index in [-0.39, 0.29) is 16.5 Å². The molecule has 1 fully saturated rings. The van der Waals surface area contributed by atoms with E-state index in [1.54, 1.807) is 4.90 Å². The summed E-state index contributed by atoms with van der Waals surface area (Å²) in [6.45, 7) is 0.524. The van der Waals surface area contributed by atoms with Crippen molar-refractivity contribution in [3.8, 4) is 0 Å². The van der Waals surface area contributed by atoms with Crippen LogP contribution in [-0.4, -0.2) is 28.5 Å². The molecular weight excluding hydrogens is 348 g/mol. The minimum atomic E-state index is -1.30. The first kappa shape index (κ1) is 17.2. The lowest BCUT2D eigenvalue weighted by molar-refractivity contribution is -0.384. The van der Waals surface area contributed by atoms with Gasteiger partial charge in [-0.1, -0.05) is 31.0 Å². The first-order chi connectivity index (χ1) is 12.9. The molecule has 2 aromatic rings. The zero-order valence-corrected chi connectivity index (χ0v) is 14.6. The van der Waals surface area contributed by atoms with Crippen LogP contribution in [0.25, 0.3) is 0 Å². The fourth-order valence-electron chi connectivity index (χ4n) is 4.41. The number of nitro benzene ring substituents is 1. The van der Waals surface area contributed by atoms with Crippen molar-refractivity contribution in [2.45, 2.75) is 31.1 Å². The summed E-state index contributed by atoms with van der Waals surface area (Å²) in [5.74, 6) is -1.71. The van der Waals surface area contributed by atoms with Gasteiger partial charge in [0, 0.05) is 35.3 Å². The predicted octanol–water partition coefficient (Wildman–Crippen LogP) is 3.77. The highest BCUT2D eigenvalue weighted by atomic mass is 16.6. The van der Waals surface area contributed by atoms with Crippen LogP contribution in [0.15, 0.2) is 42.5 Å². The van der Waals surface area contributed by atoms with Gasteiger partial charge in [-0.2, -0.15) is 0 Å². The summed E-state index contributed by atoms with van der Waals surface area (Å²) in [6, 6.07) is 11.1. The average molecular weight is 366 g/mol. The summed E-state index contributed by atoms with van der Waals surface area (Å²) < 4.78 is 0. The number of hydrogen-bond acceptors (Lipinski definition) is 4. The molecule has 0 saturated heterocycles. The van der Waals surface area contributed by atoms with Crippen molar-refractivity contribution in [3.05, 3.63) is 69.3 Å². The third-order valence-corrected chi connectivity index (χ3v) is 5.66. The molecule has 1 amide bonds. The van der Waals surface area contributed by atoms with Crippen molar-refractivity contribution in [1.82, 2.24) is 0 Å². The first-order valence-corrected chi connectivity index (χ1v) is 8.85. The van der Waals surface area contributed by atoms with E-state index in [4.69, 9.17) is 0 Å². The van der Waals surface area contributed by atoms with E-state index in [0.717, 1.165) is 49.1 Å². The number of amides is 1. The number of hydrogen-bond donors (Lipinski definition) is 1. The van der Waals surface area contributed by atoms with Gasteiger partial charge in [0.1, 0.15) is 0 Å². The minimum Gasteiger partial charge on any atom is -0.478 e. The lowest BCUT2D eigenvalue weighted by Gasteiger charge is -2.24. The van der Waals surface area contributed by atoms with E-state index in [2.05, 4.69) is 0 Å². The molecule has 7 heteroatoms. The maximum Gasteiger partial charge on any atom is 0.335 e. The van der Waals surface area contributed by atoms with Crippen LogP contribution in [0.4, 0.5) is 11.4 Å².